The Morgan fingerprint density at radius 2 is 1.56 bits per heavy atom. The third-order valence-electron chi connectivity index (χ3n) is 3.40. The van der Waals surface area contributed by atoms with Gasteiger partial charge in [-0.15, -0.1) is 0 Å². The first-order valence-electron chi connectivity index (χ1n) is 7.98. The van der Waals surface area contributed by atoms with Crippen molar-refractivity contribution in [2.45, 2.75) is 25.7 Å². The molecule has 2 aromatic carbocycles. The maximum absolute atomic E-state index is 12.8. The van der Waals surface area contributed by atoms with Crippen LogP contribution in [0.15, 0.2) is 41.3 Å². The molecule has 7 heteroatoms. The second-order valence-electron chi connectivity index (χ2n) is 5.29. The van der Waals surface area contributed by atoms with Gasteiger partial charge in [-0.1, -0.05) is 6.07 Å². The molecule has 0 saturated heterocycles. The molecule has 0 amide bonds. The molecule has 2 aromatic rings. The van der Waals surface area contributed by atoms with Crippen molar-refractivity contribution in [3.63, 3.8) is 0 Å². The molecule has 6 nitrogen and oxygen atoms in total. The quantitative estimate of drug-likeness (QED) is 0.774. The summed E-state index contributed by atoms with van der Waals surface area (Å²) in [5, 5.41) is 0. The van der Waals surface area contributed by atoms with Crippen LogP contribution in [-0.4, -0.2) is 28.7 Å². The van der Waals surface area contributed by atoms with Crippen LogP contribution in [0, 0.1) is 6.92 Å². The molecule has 1 N–H and O–H groups in total. The molecular weight excluding hydrogens is 342 g/mol. The zero-order valence-electron chi connectivity index (χ0n) is 14.8. The highest BCUT2D eigenvalue weighted by atomic mass is 32.2. The van der Waals surface area contributed by atoms with Crippen molar-refractivity contribution in [2.24, 2.45) is 0 Å². The summed E-state index contributed by atoms with van der Waals surface area (Å²) >= 11 is 0. The highest BCUT2D eigenvalue weighted by Crippen LogP contribution is 2.33. The zero-order valence-corrected chi connectivity index (χ0v) is 15.6. The Balaban J connectivity index is 2.38. The Bertz CT molecular complexity index is 833. The van der Waals surface area contributed by atoms with Crippen molar-refractivity contribution < 1.29 is 22.6 Å². The number of anilines is 1. The van der Waals surface area contributed by atoms with Crippen LogP contribution in [0.3, 0.4) is 0 Å². The molecule has 25 heavy (non-hydrogen) atoms. The van der Waals surface area contributed by atoms with E-state index in [1.165, 1.54) is 7.11 Å². The molecule has 0 bridgehead atoms. The van der Waals surface area contributed by atoms with Gasteiger partial charge in [-0.25, -0.2) is 8.42 Å². The van der Waals surface area contributed by atoms with E-state index in [1.807, 2.05) is 20.8 Å². The summed E-state index contributed by atoms with van der Waals surface area (Å²) in [5.74, 6) is 1.34. The second-order valence-corrected chi connectivity index (χ2v) is 6.94. The number of hydrogen-bond donors (Lipinski definition) is 1. The molecule has 0 radical (unpaired) electrons. The number of hydrogen-bond acceptors (Lipinski definition) is 5. The van der Waals surface area contributed by atoms with Gasteiger partial charge in [-0.05, 0) is 50.6 Å². The van der Waals surface area contributed by atoms with Crippen LogP contribution in [-0.2, 0) is 10.0 Å². The van der Waals surface area contributed by atoms with Crippen LogP contribution in [0.2, 0.25) is 0 Å². The second kappa shape index (κ2) is 8.11. The third kappa shape index (κ3) is 4.57. The molecule has 0 atom stereocenters. The molecule has 0 heterocycles. The lowest BCUT2D eigenvalue weighted by Gasteiger charge is -2.15. The summed E-state index contributed by atoms with van der Waals surface area (Å²) < 4.78 is 44.3. The monoisotopic (exact) mass is 365 g/mol. The molecule has 2 rings (SSSR count). The fourth-order valence-corrected chi connectivity index (χ4v) is 3.62. The van der Waals surface area contributed by atoms with Gasteiger partial charge in [0.15, 0.2) is 11.5 Å². The summed E-state index contributed by atoms with van der Waals surface area (Å²) in [6.45, 7) is 6.48. The van der Waals surface area contributed by atoms with E-state index in [9.17, 15) is 8.42 Å². The van der Waals surface area contributed by atoms with Crippen molar-refractivity contribution in [2.75, 3.05) is 25.0 Å². The average molecular weight is 365 g/mol. The normalized spacial score (nSPS) is 11.0. The van der Waals surface area contributed by atoms with Crippen molar-refractivity contribution >= 4 is 15.7 Å². The van der Waals surface area contributed by atoms with Crippen LogP contribution in [0.4, 0.5) is 5.69 Å². The smallest absolute Gasteiger partial charge is 0.265 e. The molecule has 0 aliphatic carbocycles. The summed E-state index contributed by atoms with van der Waals surface area (Å²) in [7, 11) is -2.37. The van der Waals surface area contributed by atoms with Crippen LogP contribution < -0.4 is 18.9 Å². The van der Waals surface area contributed by atoms with Gasteiger partial charge in [0.05, 0.1) is 26.0 Å². The predicted octanol–water partition coefficient (Wildman–Crippen LogP) is 3.60. The first kappa shape index (κ1) is 18.9. The summed E-state index contributed by atoms with van der Waals surface area (Å²) in [4.78, 5) is 0.0850. The first-order valence-corrected chi connectivity index (χ1v) is 9.46. The molecule has 136 valence electrons. The molecule has 0 unspecified atom stereocenters. The van der Waals surface area contributed by atoms with Gasteiger partial charge in [0.1, 0.15) is 10.6 Å². The topological polar surface area (TPSA) is 73.9 Å². The highest BCUT2D eigenvalue weighted by Gasteiger charge is 2.20. The van der Waals surface area contributed by atoms with Crippen molar-refractivity contribution in [1.29, 1.82) is 0 Å². The minimum Gasteiger partial charge on any atom is -0.495 e. The van der Waals surface area contributed by atoms with Crippen LogP contribution in [0.5, 0.6) is 17.2 Å². The van der Waals surface area contributed by atoms with Gasteiger partial charge in [-0.3, -0.25) is 4.72 Å². The minimum atomic E-state index is -3.81. The van der Waals surface area contributed by atoms with Gasteiger partial charge in [0, 0.05) is 6.07 Å². The van der Waals surface area contributed by atoms with Gasteiger partial charge >= 0.3 is 0 Å². The number of sulfonamides is 1. The van der Waals surface area contributed by atoms with E-state index in [4.69, 9.17) is 14.2 Å². The Kier molecular flexibility index (Phi) is 6.14. The van der Waals surface area contributed by atoms with Gasteiger partial charge in [-0.2, -0.15) is 0 Å². The fraction of sp³-hybridized carbons (Fsp3) is 0.333. The van der Waals surface area contributed by atoms with Gasteiger partial charge in [0.25, 0.3) is 10.0 Å². The SMILES string of the molecule is CCOc1ccc(NS(=O)(=O)c2cc(C)ccc2OC)cc1OCC. The summed E-state index contributed by atoms with van der Waals surface area (Å²) in [5.41, 5.74) is 1.21. The molecule has 0 saturated carbocycles. The summed E-state index contributed by atoms with van der Waals surface area (Å²) in [6.07, 6.45) is 0. The molecule has 0 aliphatic rings. The standard InChI is InChI=1S/C18H23NO5S/c1-5-23-15-10-8-14(12-17(15)24-6-2)19-25(20,21)18-11-13(3)7-9-16(18)22-4/h7-12,19H,5-6H2,1-4H3. The van der Waals surface area contributed by atoms with Gasteiger partial charge < -0.3 is 14.2 Å². The number of nitrogens with one attached hydrogen (secondary N) is 1. The average Bonchev–Trinajstić information content (AvgIpc) is 2.57. The lowest BCUT2D eigenvalue weighted by atomic mass is 10.2. The third-order valence-corrected chi connectivity index (χ3v) is 4.81. The number of ether oxygens (including phenoxy) is 3. The maximum Gasteiger partial charge on any atom is 0.265 e. The molecule has 0 fully saturated rings. The number of aryl methyl sites for hydroxylation is 1. The van der Waals surface area contributed by atoms with E-state index in [1.54, 1.807) is 36.4 Å². The molecule has 0 aliphatic heterocycles. The van der Waals surface area contributed by atoms with Crippen molar-refractivity contribution in [3.05, 3.63) is 42.0 Å². The van der Waals surface area contributed by atoms with Crippen LogP contribution in [0.25, 0.3) is 0 Å². The van der Waals surface area contributed by atoms with E-state index in [-0.39, 0.29) is 10.6 Å². The lowest BCUT2D eigenvalue weighted by molar-refractivity contribution is 0.288. The minimum absolute atomic E-state index is 0.0850. The Labute approximate surface area is 148 Å². The number of methoxy groups -OCH3 is 1. The van der Waals surface area contributed by atoms with E-state index >= 15 is 0 Å². The summed E-state index contributed by atoms with van der Waals surface area (Å²) in [6, 6.07) is 9.91. The number of rotatable bonds is 8. The lowest BCUT2D eigenvalue weighted by Crippen LogP contribution is -2.14. The molecule has 0 aromatic heterocycles. The highest BCUT2D eigenvalue weighted by molar-refractivity contribution is 7.92. The zero-order chi connectivity index (χ0) is 18.4. The van der Waals surface area contributed by atoms with E-state index in [0.717, 1.165) is 5.56 Å². The number of benzene rings is 2. The fourth-order valence-electron chi connectivity index (χ4n) is 2.32. The van der Waals surface area contributed by atoms with Crippen LogP contribution >= 0.6 is 0 Å². The largest absolute Gasteiger partial charge is 0.495 e. The molecule has 0 spiro atoms. The van der Waals surface area contributed by atoms with Crippen molar-refractivity contribution in [3.8, 4) is 17.2 Å². The van der Waals surface area contributed by atoms with Crippen molar-refractivity contribution in [1.82, 2.24) is 0 Å². The molecular formula is C18H23NO5S. The van der Waals surface area contributed by atoms with Crippen LogP contribution in [0.1, 0.15) is 19.4 Å². The predicted molar refractivity (Wildman–Crippen MR) is 97.3 cm³/mol. The van der Waals surface area contributed by atoms with E-state index in [2.05, 4.69) is 4.72 Å². The maximum atomic E-state index is 12.8. The first-order chi connectivity index (χ1) is 11.9. The van der Waals surface area contributed by atoms with E-state index < -0.39 is 10.0 Å². The Hall–Kier alpha value is -2.41. The van der Waals surface area contributed by atoms with E-state index in [0.29, 0.717) is 30.4 Å². The Morgan fingerprint density at radius 3 is 2.20 bits per heavy atom. The Morgan fingerprint density at radius 1 is 0.920 bits per heavy atom. The van der Waals surface area contributed by atoms with Gasteiger partial charge in [0.2, 0.25) is 0 Å².